The fraction of sp³-hybridized carbons (Fsp3) is 0.318. The van der Waals surface area contributed by atoms with E-state index in [-0.39, 0.29) is 29.8 Å². The molecule has 2 aromatic rings. The summed E-state index contributed by atoms with van der Waals surface area (Å²) < 4.78 is 5.57. The molecule has 1 amide bonds. The average Bonchev–Trinajstić information content (AvgIpc) is 2.72. The molecule has 0 saturated carbocycles. The number of rotatable bonds is 6. The van der Waals surface area contributed by atoms with Crippen molar-refractivity contribution in [3.05, 3.63) is 65.2 Å². The molecule has 1 fully saturated rings. The number of ether oxygens (including phenoxy) is 1. The van der Waals surface area contributed by atoms with Gasteiger partial charge in [-0.2, -0.15) is 0 Å². The van der Waals surface area contributed by atoms with E-state index >= 15 is 0 Å². The Bertz CT molecular complexity index is 875. The van der Waals surface area contributed by atoms with Gasteiger partial charge in [-0.1, -0.05) is 12.1 Å². The molecular weight excluding hydrogens is 358 g/mol. The normalized spacial score (nSPS) is 16.5. The van der Waals surface area contributed by atoms with Gasteiger partial charge in [0, 0.05) is 24.6 Å². The molecule has 1 atom stereocenters. The largest absolute Gasteiger partial charge is 0.484 e. The van der Waals surface area contributed by atoms with Gasteiger partial charge in [-0.25, -0.2) is 4.79 Å². The Balaban J connectivity index is 1.59. The molecule has 6 nitrogen and oxygen atoms in total. The predicted octanol–water partition coefficient (Wildman–Crippen LogP) is 3.37. The summed E-state index contributed by atoms with van der Waals surface area (Å²) in [6.07, 6.45) is 1.78. The first kappa shape index (κ1) is 19.6. The van der Waals surface area contributed by atoms with Crippen LogP contribution in [0, 0.1) is 0 Å². The number of amides is 1. The number of nitrogens with zero attached hydrogens (tertiary/aromatic N) is 1. The number of aromatic carboxylic acids is 1. The van der Waals surface area contributed by atoms with Crippen LogP contribution >= 0.6 is 0 Å². The van der Waals surface area contributed by atoms with Crippen molar-refractivity contribution in [2.24, 2.45) is 0 Å². The van der Waals surface area contributed by atoms with E-state index in [0.717, 1.165) is 18.4 Å². The van der Waals surface area contributed by atoms with Gasteiger partial charge in [-0.15, -0.1) is 0 Å². The topological polar surface area (TPSA) is 83.9 Å². The summed E-state index contributed by atoms with van der Waals surface area (Å²) in [5.41, 5.74) is 1.80. The minimum absolute atomic E-state index is 0.0195. The van der Waals surface area contributed by atoms with Crippen LogP contribution in [-0.2, 0) is 4.79 Å². The van der Waals surface area contributed by atoms with Gasteiger partial charge in [0.25, 0.3) is 5.91 Å². The Hall–Kier alpha value is -3.15. The summed E-state index contributed by atoms with van der Waals surface area (Å²) in [6.45, 7) is 2.65. The molecule has 0 aromatic heterocycles. The molecule has 0 aliphatic carbocycles. The maximum atomic E-state index is 12.6. The third-order valence-electron chi connectivity index (χ3n) is 5.00. The van der Waals surface area contributed by atoms with Crippen molar-refractivity contribution in [1.82, 2.24) is 4.90 Å². The Morgan fingerprint density at radius 3 is 2.54 bits per heavy atom. The Kier molecular flexibility index (Phi) is 6.09. The minimum Gasteiger partial charge on any atom is -0.484 e. The highest BCUT2D eigenvalue weighted by Crippen LogP contribution is 2.27. The lowest BCUT2D eigenvalue weighted by Gasteiger charge is -2.33. The number of piperidine rings is 1. The van der Waals surface area contributed by atoms with Crippen LogP contribution in [0.3, 0.4) is 0 Å². The van der Waals surface area contributed by atoms with E-state index in [1.54, 1.807) is 47.4 Å². The molecule has 28 heavy (non-hydrogen) atoms. The quantitative estimate of drug-likeness (QED) is 0.776. The van der Waals surface area contributed by atoms with Crippen molar-refractivity contribution >= 4 is 17.7 Å². The zero-order valence-corrected chi connectivity index (χ0v) is 15.8. The number of hydrogen-bond donors (Lipinski definition) is 1. The van der Waals surface area contributed by atoms with Crippen LogP contribution in [0.15, 0.2) is 48.5 Å². The fourth-order valence-electron chi connectivity index (χ4n) is 3.42. The summed E-state index contributed by atoms with van der Waals surface area (Å²) in [4.78, 5) is 36.8. The first-order valence-electron chi connectivity index (χ1n) is 9.29. The maximum Gasteiger partial charge on any atom is 0.335 e. The molecule has 1 saturated heterocycles. The van der Waals surface area contributed by atoms with Crippen molar-refractivity contribution in [2.75, 3.05) is 19.7 Å². The number of carboxylic acids is 1. The molecule has 0 radical (unpaired) electrons. The number of likely N-dealkylation sites (tertiary alicyclic amines) is 1. The monoisotopic (exact) mass is 381 g/mol. The van der Waals surface area contributed by atoms with Crippen LogP contribution in [0.25, 0.3) is 0 Å². The van der Waals surface area contributed by atoms with E-state index in [0.29, 0.717) is 24.4 Å². The molecule has 6 heteroatoms. The molecule has 3 rings (SSSR count). The second-order valence-corrected chi connectivity index (χ2v) is 6.98. The number of ketones is 1. The van der Waals surface area contributed by atoms with E-state index in [9.17, 15) is 19.5 Å². The van der Waals surface area contributed by atoms with Crippen LogP contribution in [0.2, 0.25) is 0 Å². The van der Waals surface area contributed by atoms with Crippen molar-refractivity contribution in [3.8, 4) is 5.75 Å². The van der Waals surface area contributed by atoms with Crippen molar-refractivity contribution in [1.29, 1.82) is 0 Å². The third-order valence-corrected chi connectivity index (χ3v) is 5.00. The molecule has 1 aliphatic heterocycles. The highest BCUT2D eigenvalue weighted by molar-refractivity contribution is 5.94. The fourth-order valence-corrected chi connectivity index (χ4v) is 3.42. The Morgan fingerprint density at radius 2 is 1.86 bits per heavy atom. The predicted molar refractivity (Wildman–Crippen MR) is 104 cm³/mol. The molecule has 146 valence electrons. The van der Waals surface area contributed by atoms with Crippen molar-refractivity contribution in [2.45, 2.75) is 25.7 Å². The van der Waals surface area contributed by atoms with Crippen LogP contribution < -0.4 is 4.74 Å². The first-order chi connectivity index (χ1) is 13.4. The van der Waals surface area contributed by atoms with Crippen LogP contribution in [0.5, 0.6) is 5.75 Å². The van der Waals surface area contributed by atoms with Crippen LogP contribution in [-0.4, -0.2) is 47.4 Å². The lowest BCUT2D eigenvalue weighted by atomic mass is 9.89. The summed E-state index contributed by atoms with van der Waals surface area (Å²) in [5, 5.41) is 9.17. The highest BCUT2D eigenvalue weighted by atomic mass is 16.5. The maximum absolute atomic E-state index is 12.6. The summed E-state index contributed by atoms with van der Waals surface area (Å²) in [5.74, 6) is -0.411. The molecule has 1 aliphatic rings. The summed E-state index contributed by atoms with van der Waals surface area (Å²) in [7, 11) is 0. The molecule has 1 heterocycles. The number of carboxylic acid groups (broad SMARTS) is 1. The molecule has 0 unspecified atom stereocenters. The summed E-state index contributed by atoms with van der Waals surface area (Å²) in [6, 6.07) is 13.6. The molecular formula is C22H23NO5. The van der Waals surface area contributed by atoms with Crippen LogP contribution in [0.4, 0.5) is 0 Å². The van der Waals surface area contributed by atoms with Gasteiger partial charge in [-0.05, 0) is 61.7 Å². The first-order valence-corrected chi connectivity index (χ1v) is 9.29. The van der Waals surface area contributed by atoms with Crippen LogP contribution in [0.1, 0.15) is 52.0 Å². The molecule has 2 aromatic carbocycles. The average molecular weight is 381 g/mol. The Morgan fingerprint density at radius 1 is 1.11 bits per heavy atom. The number of carbonyl (C=O) groups is 3. The number of Topliss-reactive ketones (excluding diaryl/α,β-unsaturated/α-hetero) is 1. The lowest BCUT2D eigenvalue weighted by molar-refractivity contribution is -0.134. The van der Waals surface area contributed by atoms with E-state index in [4.69, 9.17) is 4.74 Å². The van der Waals surface area contributed by atoms with Gasteiger partial charge in [0.15, 0.2) is 12.4 Å². The zero-order chi connectivity index (χ0) is 20.1. The highest BCUT2D eigenvalue weighted by Gasteiger charge is 2.25. The number of benzene rings is 2. The van der Waals surface area contributed by atoms with E-state index < -0.39 is 5.97 Å². The van der Waals surface area contributed by atoms with E-state index in [2.05, 4.69) is 0 Å². The molecule has 0 bridgehead atoms. The molecule has 0 spiro atoms. The van der Waals surface area contributed by atoms with E-state index in [1.165, 1.54) is 6.92 Å². The Labute approximate surface area is 163 Å². The smallest absolute Gasteiger partial charge is 0.335 e. The van der Waals surface area contributed by atoms with Crippen molar-refractivity contribution in [3.63, 3.8) is 0 Å². The number of hydrogen-bond acceptors (Lipinski definition) is 4. The lowest BCUT2D eigenvalue weighted by Crippen LogP contribution is -2.41. The zero-order valence-electron chi connectivity index (χ0n) is 15.8. The van der Waals surface area contributed by atoms with Gasteiger partial charge in [-0.3, -0.25) is 9.59 Å². The van der Waals surface area contributed by atoms with Crippen molar-refractivity contribution < 1.29 is 24.2 Å². The summed E-state index contributed by atoms with van der Waals surface area (Å²) >= 11 is 0. The molecule has 1 N–H and O–H groups in total. The van der Waals surface area contributed by atoms with Gasteiger partial charge in [0.1, 0.15) is 5.75 Å². The second kappa shape index (κ2) is 8.69. The van der Waals surface area contributed by atoms with Gasteiger partial charge in [0.05, 0.1) is 5.56 Å². The van der Waals surface area contributed by atoms with E-state index in [1.807, 2.05) is 6.07 Å². The SMILES string of the molecule is CC(=O)c1ccc(OCC(=O)N2CCC[C@H](c3cccc(C(=O)O)c3)C2)cc1. The minimum atomic E-state index is -0.949. The van der Waals surface area contributed by atoms with Gasteiger partial charge >= 0.3 is 5.97 Å². The number of carbonyl (C=O) groups excluding carboxylic acids is 2. The second-order valence-electron chi connectivity index (χ2n) is 6.98. The standard InChI is InChI=1S/C22H23NO5/c1-15(24)16-7-9-20(10-8-16)28-14-21(25)23-11-3-6-19(13-23)17-4-2-5-18(12-17)22(26)27/h2,4-5,7-10,12,19H,3,6,11,13-14H2,1H3,(H,26,27)/t19-/m0/s1. The van der Waals surface area contributed by atoms with Gasteiger partial charge in [0.2, 0.25) is 0 Å². The third kappa shape index (κ3) is 4.76. The van der Waals surface area contributed by atoms with Gasteiger partial charge < -0.3 is 14.7 Å².